The van der Waals surface area contributed by atoms with Crippen LogP contribution in [0, 0.1) is 0 Å². The molecule has 0 bridgehead atoms. The van der Waals surface area contributed by atoms with Gasteiger partial charge in [-0.3, -0.25) is 8.37 Å². The van der Waals surface area contributed by atoms with Gasteiger partial charge in [-0.15, -0.1) is 0 Å². The summed E-state index contributed by atoms with van der Waals surface area (Å²) >= 11 is 0. The minimum absolute atomic E-state index is 0.244. The monoisotopic (exact) mass is 787 g/mol. The van der Waals surface area contributed by atoms with Crippen LogP contribution in [0.2, 0.25) is 0 Å². The summed E-state index contributed by atoms with van der Waals surface area (Å²) in [7, 11) is -7.43. The molecule has 0 aromatic heterocycles. The third-order valence-corrected chi connectivity index (χ3v) is 10.7. The Morgan fingerprint density at radius 2 is 0.755 bits per heavy atom. The van der Waals surface area contributed by atoms with Crippen molar-refractivity contribution in [3.05, 3.63) is 48.6 Å². The molecule has 0 aromatic rings. The molecule has 1 saturated heterocycles. The minimum Gasteiger partial charge on any atom is -0.341 e. The second-order valence-corrected chi connectivity index (χ2v) is 18.2. The molecule has 2 atom stereocenters. The van der Waals surface area contributed by atoms with Crippen molar-refractivity contribution in [1.82, 2.24) is 0 Å². The van der Waals surface area contributed by atoms with E-state index in [9.17, 15) is 16.8 Å². The molecule has 10 heteroatoms. The molecule has 53 heavy (non-hydrogen) atoms. The van der Waals surface area contributed by atoms with E-state index in [4.69, 9.17) is 17.8 Å². The summed E-state index contributed by atoms with van der Waals surface area (Å²) in [6.45, 7) is 3.98. The Bertz CT molecular complexity index is 1110. The molecule has 0 radical (unpaired) electrons. The lowest BCUT2D eigenvalue weighted by molar-refractivity contribution is -0.189. The minimum atomic E-state index is -3.71. The highest BCUT2D eigenvalue weighted by Crippen LogP contribution is 2.38. The normalized spacial score (nSPS) is 18.2. The molecule has 1 fully saturated rings. The number of allylic oxidation sites excluding steroid dienone is 8. The zero-order valence-corrected chi connectivity index (χ0v) is 35.8. The molecule has 0 aliphatic carbocycles. The maximum Gasteiger partial charge on any atom is 0.264 e. The third kappa shape index (κ3) is 30.6. The van der Waals surface area contributed by atoms with Crippen molar-refractivity contribution in [2.75, 3.05) is 25.7 Å². The van der Waals surface area contributed by atoms with Gasteiger partial charge >= 0.3 is 0 Å². The van der Waals surface area contributed by atoms with Gasteiger partial charge in [0.25, 0.3) is 20.2 Å². The summed E-state index contributed by atoms with van der Waals surface area (Å²) < 4.78 is 70.2. The second kappa shape index (κ2) is 31.9. The zero-order valence-electron chi connectivity index (χ0n) is 34.2. The predicted molar refractivity (Wildman–Crippen MR) is 222 cm³/mol. The predicted octanol–water partition coefficient (Wildman–Crippen LogP) is 11.8. The Morgan fingerprint density at radius 3 is 1.08 bits per heavy atom. The molecule has 2 unspecified atom stereocenters. The first-order valence-electron chi connectivity index (χ1n) is 21.1. The van der Waals surface area contributed by atoms with Crippen LogP contribution >= 0.6 is 0 Å². The van der Waals surface area contributed by atoms with Crippen LogP contribution in [0.1, 0.15) is 181 Å². The molecule has 0 saturated carbocycles. The van der Waals surface area contributed by atoms with E-state index in [-0.39, 0.29) is 13.2 Å². The fourth-order valence-corrected chi connectivity index (χ4v) is 7.28. The number of unbranched alkanes of at least 4 members (excludes halogenated alkanes) is 18. The molecule has 0 N–H and O–H groups in total. The van der Waals surface area contributed by atoms with Crippen LogP contribution in [-0.4, -0.2) is 60.6 Å². The molecule has 0 aromatic carbocycles. The van der Waals surface area contributed by atoms with Crippen molar-refractivity contribution in [2.24, 2.45) is 0 Å². The fourth-order valence-electron chi connectivity index (χ4n) is 6.52. The summed E-state index contributed by atoms with van der Waals surface area (Å²) in [6, 6.07) is 0. The van der Waals surface area contributed by atoms with E-state index in [1.54, 1.807) is 0 Å². The lowest BCUT2D eigenvalue weighted by atomic mass is 9.98. The van der Waals surface area contributed by atoms with E-state index >= 15 is 0 Å². The number of hydrogen-bond donors (Lipinski definition) is 0. The SMILES string of the molecule is CCCCC/C=C\C/C=C\CCCCCCCCC1(CCCCCCCC/C=C\C/C=C\CCCCC)OC(COS(C)(=O)=O)C(COS(C)(=O)=O)O1. The second-order valence-electron chi connectivity index (χ2n) is 14.9. The largest absolute Gasteiger partial charge is 0.341 e. The highest BCUT2D eigenvalue weighted by Gasteiger charge is 2.47. The molecule has 310 valence electrons. The van der Waals surface area contributed by atoms with E-state index < -0.39 is 38.2 Å². The summed E-state index contributed by atoms with van der Waals surface area (Å²) in [5, 5.41) is 0. The van der Waals surface area contributed by atoms with Gasteiger partial charge in [0.2, 0.25) is 0 Å². The van der Waals surface area contributed by atoms with Crippen LogP contribution < -0.4 is 0 Å². The first kappa shape index (κ1) is 49.7. The fraction of sp³-hybridized carbons (Fsp3) is 0.814. The van der Waals surface area contributed by atoms with E-state index in [1.807, 2.05) is 0 Å². The molecule has 0 amide bonds. The van der Waals surface area contributed by atoms with Gasteiger partial charge in [-0.05, 0) is 77.0 Å². The van der Waals surface area contributed by atoms with E-state index in [2.05, 4.69) is 62.5 Å². The van der Waals surface area contributed by atoms with Crippen LogP contribution in [0.25, 0.3) is 0 Å². The maximum atomic E-state index is 11.8. The van der Waals surface area contributed by atoms with E-state index in [1.165, 1.54) is 89.9 Å². The molecular formula is C43H78O8S2. The van der Waals surface area contributed by atoms with Crippen LogP contribution in [0.15, 0.2) is 48.6 Å². The van der Waals surface area contributed by atoms with Crippen molar-refractivity contribution in [1.29, 1.82) is 0 Å². The van der Waals surface area contributed by atoms with Crippen molar-refractivity contribution >= 4 is 20.2 Å². The summed E-state index contributed by atoms with van der Waals surface area (Å²) in [5.41, 5.74) is 0. The third-order valence-electron chi connectivity index (χ3n) is 9.56. The number of rotatable bonds is 36. The van der Waals surface area contributed by atoms with Crippen molar-refractivity contribution in [2.45, 2.75) is 199 Å². The van der Waals surface area contributed by atoms with Gasteiger partial charge in [0, 0.05) is 12.8 Å². The van der Waals surface area contributed by atoms with Crippen molar-refractivity contribution in [3.8, 4) is 0 Å². The average molecular weight is 787 g/mol. The Hall–Kier alpha value is -1.30. The van der Waals surface area contributed by atoms with Gasteiger partial charge in [0.15, 0.2) is 5.79 Å². The highest BCUT2D eigenvalue weighted by atomic mass is 32.2. The van der Waals surface area contributed by atoms with Crippen LogP contribution in [0.3, 0.4) is 0 Å². The first-order chi connectivity index (χ1) is 25.5. The van der Waals surface area contributed by atoms with E-state index in [0.29, 0.717) is 12.8 Å². The Morgan fingerprint density at radius 1 is 0.453 bits per heavy atom. The van der Waals surface area contributed by atoms with Gasteiger partial charge in [-0.1, -0.05) is 140 Å². The summed E-state index contributed by atoms with van der Waals surface area (Å²) in [5.74, 6) is -0.915. The molecule has 1 aliphatic heterocycles. The maximum absolute atomic E-state index is 11.8. The van der Waals surface area contributed by atoms with Crippen molar-refractivity contribution < 1.29 is 34.7 Å². The summed E-state index contributed by atoms with van der Waals surface area (Å²) in [4.78, 5) is 0. The lowest BCUT2D eigenvalue weighted by Crippen LogP contribution is -2.33. The van der Waals surface area contributed by atoms with Crippen LogP contribution in [-0.2, 0) is 38.1 Å². The Kier molecular flexibility index (Phi) is 29.9. The van der Waals surface area contributed by atoms with Gasteiger partial charge in [-0.2, -0.15) is 16.8 Å². The number of ether oxygens (including phenoxy) is 2. The molecule has 1 aliphatic rings. The standard InChI is InChI=1S/C43H78O8S2/c1-5-7-9-11-13-15-17-19-21-23-25-27-29-31-33-35-37-43(50-41(39-48-52(3,44)45)42(51-43)40-49-53(4,46)47)38-36-34-32-30-28-26-24-22-20-18-16-14-12-10-8-6-2/h13-16,19-22,41-42H,5-12,17-18,23-40H2,1-4H3/b15-13-,16-14-,21-19-,22-20-. The molecular weight excluding hydrogens is 709 g/mol. The first-order valence-corrected chi connectivity index (χ1v) is 24.8. The van der Waals surface area contributed by atoms with Gasteiger partial charge in [0.05, 0.1) is 25.7 Å². The quantitative estimate of drug-likeness (QED) is 0.0351. The average Bonchev–Trinajstić information content (AvgIpc) is 3.46. The Labute approximate surface area is 326 Å². The van der Waals surface area contributed by atoms with Crippen LogP contribution in [0.5, 0.6) is 0 Å². The lowest BCUT2D eigenvalue weighted by Gasteiger charge is -2.29. The van der Waals surface area contributed by atoms with Gasteiger partial charge in [-0.25, -0.2) is 0 Å². The smallest absolute Gasteiger partial charge is 0.264 e. The number of hydrogen-bond acceptors (Lipinski definition) is 8. The summed E-state index contributed by atoms with van der Waals surface area (Å²) in [6.07, 6.45) is 47.9. The molecule has 0 spiro atoms. The topological polar surface area (TPSA) is 105 Å². The molecule has 1 rings (SSSR count). The molecule has 1 heterocycles. The van der Waals surface area contributed by atoms with E-state index in [0.717, 1.165) is 76.7 Å². The van der Waals surface area contributed by atoms with Crippen LogP contribution in [0.4, 0.5) is 0 Å². The zero-order chi connectivity index (χ0) is 38.9. The van der Waals surface area contributed by atoms with Crippen molar-refractivity contribution in [3.63, 3.8) is 0 Å². The Balaban J connectivity index is 2.52. The van der Waals surface area contributed by atoms with Gasteiger partial charge < -0.3 is 9.47 Å². The highest BCUT2D eigenvalue weighted by molar-refractivity contribution is 7.86. The van der Waals surface area contributed by atoms with Gasteiger partial charge in [0.1, 0.15) is 12.2 Å². The molecule has 8 nitrogen and oxygen atoms in total.